The zero-order valence-corrected chi connectivity index (χ0v) is 13.8. The minimum Gasteiger partial charge on any atom is -0.466 e. The van der Waals surface area contributed by atoms with E-state index in [4.69, 9.17) is 4.74 Å². The lowest BCUT2D eigenvalue weighted by atomic mass is 10.0. The lowest BCUT2D eigenvalue weighted by molar-refractivity contribution is -0.134. The molecule has 120 valence electrons. The van der Waals surface area contributed by atoms with Crippen molar-refractivity contribution in [3.05, 3.63) is 65.7 Å². The lowest BCUT2D eigenvalue weighted by Crippen LogP contribution is -1.94. The number of ether oxygens (including phenoxy) is 2. The van der Waals surface area contributed by atoms with Crippen LogP contribution in [-0.4, -0.2) is 13.1 Å². The minimum atomic E-state index is -0.368. The molecule has 3 heteroatoms. The molecule has 2 aromatic carbocycles. The number of hydrogen-bond donors (Lipinski definition) is 0. The van der Waals surface area contributed by atoms with Gasteiger partial charge in [0, 0.05) is 6.08 Å². The Morgan fingerprint density at radius 3 is 2.48 bits per heavy atom. The molecule has 0 bridgehead atoms. The highest BCUT2D eigenvalue weighted by Crippen LogP contribution is 2.23. The van der Waals surface area contributed by atoms with Crippen molar-refractivity contribution < 1.29 is 14.3 Å². The van der Waals surface area contributed by atoms with Gasteiger partial charge in [-0.15, -0.1) is 0 Å². The predicted molar refractivity (Wildman–Crippen MR) is 92.6 cm³/mol. The van der Waals surface area contributed by atoms with Crippen molar-refractivity contribution in [3.8, 4) is 11.5 Å². The van der Waals surface area contributed by atoms with Gasteiger partial charge in [-0.1, -0.05) is 38.1 Å². The molecule has 0 saturated carbocycles. The van der Waals surface area contributed by atoms with Crippen LogP contribution in [0.4, 0.5) is 0 Å². The van der Waals surface area contributed by atoms with Gasteiger partial charge in [0.25, 0.3) is 0 Å². The average molecular weight is 310 g/mol. The summed E-state index contributed by atoms with van der Waals surface area (Å²) in [6.45, 7) is 4.40. The first-order chi connectivity index (χ1) is 11.1. The highest BCUT2D eigenvalue weighted by molar-refractivity contribution is 5.86. The Balaban J connectivity index is 2.03. The molecule has 0 amide bonds. The second-order valence-electron chi connectivity index (χ2n) is 5.77. The third-order valence-electron chi connectivity index (χ3n) is 3.27. The van der Waals surface area contributed by atoms with Crippen molar-refractivity contribution in [1.29, 1.82) is 0 Å². The first kappa shape index (κ1) is 16.8. The molecule has 0 spiro atoms. The van der Waals surface area contributed by atoms with Crippen LogP contribution in [0.25, 0.3) is 6.08 Å². The van der Waals surface area contributed by atoms with Crippen LogP contribution in [0, 0.1) is 5.92 Å². The largest absolute Gasteiger partial charge is 0.466 e. The van der Waals surface area contributed by atoms with Gasteiger partial charge < -0.3 is 9.47 Å². The highest BCUT2D eigenvalue weighted by atomic mass is 16.5. The Hall–Kier alpha value is -2.55. The smallest absolute Gasteiger partial charge is 0.330 e. The quantitative estimate of drug-likeness (QED) is 0.564. The molecule has 0 unspecified atom stereocenters. The van der Waals surface area contributed by atoms with Gasteiger partial charge in [0.05, 0.1) is 7.11 Å². The molecule has 23 heavy (non-hydrogen) atoms. The lowest BCUT2D eigenvalue weighted by Gasteiger charge is -2.09. The van der Waals surface area contributed by atoms with E-state index in [2.05, 4.69) is 30.7 Å². The van der Waals surface area contributed by atoms with Crippen LogP contribution in [0.1, 0.15) is 25.0 Å². The van der Waals surface area contributed by atoms with Crippen LogP contribution in [-0.2, 0) is 16.0 Å². The molecule has 0 aliphatic rings. The second-order valence-corrected chi connectivity index (χ2v) is 5.77. The van der Waals surface area contributed by atoms with E-state index in [-0.39, 0.29) is 5.97 Å². The summed E-state index contributed by atoms with van der Waals surface area (Å²) >= 11 is 0. The molecule has 2 aromatic rings. The molecule has 0 fully saturated rings. The maximum absolute atomic E-state index is 11.1. The molecule has 2 rings (SSSR count). The van der Waals surface area contributed by atoms with E-state index in [9.17, 15) is 4.79 Å². The first-order valence-corrected chi connectivity index (χ1v) is 7.69. The monoisotopic (exact) mass is 310 g/mol. The maximum atomic E-state index is 11.1. The zero-order chi connectivity index (χ0) is 16.7. The number of carbonyl (C=O) groups is 1. The summed E-state index contributed by atoms with van der Waals surface area (Å²) in [7, 11) is 1.36. The van der Waals surface area contributed by atoms with Crippen molar-refractivity contribution in [2.24, 2.45) is 5.92 Å². The Labute approximate surface area is 137 Å². The Bertz CT molecular complexity index is 670. The zero-order valence-electron chi connectivity index (χ0n) is 13.8. The molecule has 0 aromatic heterocycles. The molecular weight excluding hydrogens is 288 g/mol. The van der Waals surface area contributed by atoms with E-state index >= 15 is 0 Å². The van der Waals surface area contributed by atoms with Crippen molar-refractivity contribution in [2.45, 2.75) is 20.3 Å². The van der Waals surface area contributed by atoms with E-state index in [0.717, 1.165) is 23.5 Å². The van der Waals surface area contributed by atoms with Crippen LogP contribution >= 0.6 is 0 Å². The molecule has 0 atom stereocenters. The summed E-state index contributed by atoms with van der Waals surface area (Å²) in [6.07, 6.45) is 4.14. The first-order valence-electron chi connectivity index (χ1n) is 7.69. The van der Waals surface area contributed by atoms with Crippen LogP contribution in [0.3, 0.4) is 0 Å². The third-order valence-corrected chi connectivity index (χ3v) is 3.27. The topological polar surface area (TPSA) is 35.5 Å². The van der Waals surface area contributed by atoms with Crippen LogP contribution in [0.15, 0.2) is 54.6 Å². The predicted octanol–water partition coefficient (Wildman–Crippen LogP) is 4.86. The summed E-state index contributed by atoms with van der Waals surface area (Å²) in [5.41, 5.74) is 2.19. The average Bonchev–Trinajstić information content (AvgIpc) is 2.53. The number of methoxy groups -OCH3 is 1. The van der Waals surface area contributed by atoms with E-state index < -0.39 is 0 Å². The number of esters is 1. The fraction of sp³-hybridized carbons (Fsp3) is 0.250. The number of benzene rings is 2. The molecule has 0 aliphatic heterocycles. The van der Waals surface area contributed by atoms with E-state index in [1.165, 1.54) is 18.7 Å². The van der Waals surface area contributed by atoms with Gasteiger partial charge in [-0.25, -0.2) is 4.79 Å². The van der Waals surface area contributed by atoms with Crippen LogP contribution in [0.5, 0.6) is 11.5 Å². The number of hydrogen-bond acceptors (Lipinski definition) is 3. The molecule has 3 nitrogen and oxygen atoms in total. The molecule has 0 radical (unpaired) electrons. The van der Waals surface area contributed by atoms with Crippen LogP contribution in [0.2, 0.25) is 0 Å². The van der Waals surface area contributed by atoms with Gasteiger partial charge in [0.15, 0.2) is 0 Å². The molecule has 0 aliphatic carbocycles. The standard InChI is InChI=1S/C20H22O3/c1-15(2)13-17-5-4-6-19(14-17)23-18-10-7-16(8-11-18)9-12-20(21)22-3/h4-12,14-15H,13H2,1-3H3/b12-9+. The van der Waals surface area contributed by atoms with Gasteiger partial charge in [0.2, 0.25) is 0 Å². The fourth-order valence-corrected chi connectivity index (χ4v) is 2.22. The molecule has 0 N–H and O–H groups in total. The van der Waals surface area contributed by atoms with Gasteiger partial charge >= 0.3 is 5.97 Å². The van der Waals surface area contributed by atoms with Gasteiger partial charge in [-0.3, -0.25) is 0 Å². The second kappa shape index (κ2) is 8.18. The number of carbonyl (C=O) groups excluding carboxylic acids is 1. The van der Waals surface area contributed by atoms with Gasteiger partial charge in [-0.2, -0.15) is 0 Å². The van der Waals surface area contributed by atoms with E-state index in [1.807, 2.05) is 36.4 Å². The fourth-order valence-electron chi connectivity index (χ4n) is 2.22. The maximum Gasteiger partial charge on any atom is 0.330 e. The molecular formula is C20H22O3. The Kier molecular flexibility index (Phi) is 5.98. The number of rotatable bonds is 6. The van der Waals surface area contributed by atoms with Crippen LogP contribution < -0.4 is 4.74 Å². The molecule has 0 saturated heterocycles. The summed E-state index contributed by atoms with van der Waals surface area (Å²) in [5, 5.41) is 0. The molecule has 0 heterocycles. The van der Waals surface area contributed by atoms with Gasteiger partial charge in [0.1, 0.15) is 11.5 Å². The summed E-state index contributed by atoms with van der Waals surface area (Å²) in [5.74, 6) is 1.85. The Morgan fingerprint density at radius 2 is 1.83 bits per heavy atom. The Morgan fingerprint density at radius 1 is 1.09 bits per heavy atom. The van der Waals surface area contributed by atoms with Gasteiger partial charge in [-0.05, 0) is 53.8 Å². The summed E-state index contributed by atoms with van der Waals surface area (Å²) < 4.78 is 10.4. The highest BCUT2D eigenvalue weighted by Gasteiger charge is 2.02. The van der Waals surface area contributed by atoms with Crippen molar-refractivity contribution >= 4 is 12.0 Å². The van der Waals surface area contributed by atoms with Crippen molar-refractivity contribution in [1.82, 2.24) is 0 Å². The normalized spacial score (nSPS) is 11.0. The van der Waals surface area contributed by atoms with Crippen molar-refractivity contribution in [3.63, 3.8) is 0 Å². The van der Waals surface area contributed by atoms with E-state index in [0.29, 0.717) is 5.92 Å². The summed E-state index contributed by atoms with van der Waals surface area (Å²) in [4.78, 5) is 11.1. The van der Waals surface area contributed by atoms with E-state index in [1.54, 1.807) is 6.08 Å². The minimum absolute atomic E-state index is 0.368. The SMILES string of the molecule is COC(=O)/C=C/c1ccc(Oc2cccc(CC(C)C)c2)cc1. The van der Waals surface area contributed by atoms with Crippen molar-refractivity contribution in [2.75, 3.05) is 7.11 Å². The third kappa shape index (κ3) is 5.62. The summed E-state index contributed by atoms with van der Waals surface area (Å²) in [6, 6.07) is 15.7.